The molecule has 2 N–H and O–H groups in total. The van der Waals surface area contributed by atoms with Gasteiger partial charge in [-0.15, -0.1) is 12.4 Å². The first-order chi connectivity index (χ1) is 5.59. The van der Waals surface area contributed by atoms with E-state index in [1.165, 1.54) is 0 Å². The largest absolute Gasteiger partial charge is 0.477 e. The van der Waals surface area contributed by atoms with Crippen molar-refractivity contribution in [1.29, 1.82) is 0 Å². The Morgan fingerprint density at radius 3 is 2.54 bits per heavy atom. The van der Waals surface area contributed by atoms with Crippen LogP contribution < -0.4 is 0 Å². The fraction of sp³-hybridized carbons (Fsp3) is 0.375. The summed E-state index contributed by atoms with van der Waals surface area (Å²) < 4.78 is 0. The topological polar surface area (TPSA) is 56.3 Å². The summed E-state index contributed by atoms with van der Waals surface area (Å²) in [5, 5.41) is 8.59. The SMILES string of the molecule is CN(C)Cc1ccc(C(=O)O)[nH]1.Cl. The molecule has 0 spiro atoms. The lowest BCUT2D eigenvalue weighted by Crippen LogP contribution is -2.11. The van der Waals surface area contributed by atoms with Crippen molar-refractivity contribution in [2.45, 2.75) is 6.54 Å². The van der Waals surface area contributed by atoms with Gasteiger partial charge < -0.3 is 15.0 Å². The number of carboxylic acid groups (broad SMARTS) is 1. The minimum Gasteiger partial charge on any atom is -0.477 e. The van der Waals surface area contributed by atoms with Crippen LogP contribution in [0.1, 0.15) is 16.2 Å². The van der Waals surface area contributed by atoms with E-state index in [1.807, 2.05) is 19.0 Å². The average Bonchev–Trinajstić information content (AvgIpc) is 2.34. The van der Waals surface area contributed by atoms with Crippen LogP contribution in [0.25, 0.3) is 0 Å². The number of aromatic amines is 1. The summed E-state index contributed by atoms with van der Waals surface area (Å²) >= 11 is 0. The maximum atomic E-state index is 10.5. The lowest BCUT2D eigenvalue weighted by atomic mass is 10.4. The first kappa shape index (κ1) is 12.0. The third kappa shape index (κ3) is 3.48. The quantitative estimate of drug-likeness (QED) is 0.778. The van der Waals surface area contributed by atoms with E-state index in [1.54, 1.807) is 12.1 Å². The molecule has 13 heavy (non-hydrogen) atoms. The van der Waals surface area contributed by atoms with Crippen LogP contribution >= 0.6 is 12.4 Å². The number of H-pyrrole nitrogens is 1. The molecule has 1 aromatic heterocycles. The molecule has 0 radical (unpaired) electrons. The number of hydrogen-bond acceptors (Lipinski definition) is 2. The van der Waals surface area contributed by atoms with Gasteiger partial charge >= 0.3 is 5.97 Å². The van der Waals surface area contributed by atoms with Gasteiger partial charge in [0.2, 0.25) is 0 Å². The van der Waals surface area contributed by atoms with Crippen LogP contribution in [0.4, 0.5) is 0 Å². The maximum absolute atomic E-state index is 10.5. The van der Waals surface area contributed by atoms with Crippen molar-refractivity contribution in [2.24, 2.45) is 0 Å². The van der Waals surface area contributed by atoms with Crippen LogP contribution in [-0.4, -0.2) is 35.1 Å². The third-order valence-corrected chi connectivity index (χ3v) is 1.46. The van der Waals surface area contributed by atoms with Crippen molar-refractivity contribution in [2.75, 3.05) is 14.1 Å². The highest BCUT2D eigenvalue weighted by molar-refractivity contribution is 5.85. The van der Waals surface area contributed by atoms with E-state index in [2.05, 4.69) is 4.98 Å². The minimum atomic E-state index is -0.917. The molecule has 0 fully saturated rings. The van der Waals surface area contributed by atoms with Crippen LogP contribution in [0, 0.1) is 0 Å². The lowest BCUT2D eigenvalue weighted by molar-refractivity contribution is 0.0691. The van der Waals surface area contributed by atoms with Crippen molar-refractivity contribution in [1.82, 2.24) is 9.88 Å². The molecule has 0 atom stereocenters. The zero-order valence-corrected chi connectivity index (χ0v) is 8.39. The monoisotopic (exact) mass is 204 g/mol. The Morgan fingerprint density at radius 2 is 2.15 bits per heavy atom. The molecule has 0 aromatic carbocycles. The van der Waals surface area contributed by atoms with Gasteiger partial charge in [-0.3, -0.25) is 0 Å². The van der Waals surface area contributed by atoms with E-state index in [0.717, 1.165) is 12.2 Å². The molecular formula is C8H13ClN2O2. The zero-order valence-electron chi connectivity index (χ0n) is 7.57. The van der Waals surface area contributed by atoms with Gasteiger partial charge in [-0.05, 0) is 26.2 Å². The summed E-state index contributed by atoms with van der Waals surface area (Å²) in [7, 11) is 3.86. The Balaban J connectivity index is 0.00000144. The van der Waals surface area contributed by atoms with Gasteiger partial charge in [-0.25, -0.2) is 4.79 Å². The van der Waals surface area contributed by atoms with Gasteiger partial charge in [0.05, 0.1) is 0 Å². The Labute approximate surface area is 83.0 Å². The molecule has 5 heteroatoms. The number of aromatic carboxylic acids is 1. The normalized spacial score (nSPS) is 9.77. The number of nitrogens with one attached hydrogen (secondary N) is 1. The number of nitrogens with zero attached hydrogens (tertiary/aromatic N) is 1. The van der Waals surface area contributed by atoms with Crippen molar-refractivity contribution < 1.29 is 9.90 Å². The first-order valence-corrected chi connectivity index (χ1v) is 3.65. The number of halogens is 1. The molecule has 0 aliphatic rings. The van der Waals surface area contributed by atoms with E-state index in [4.69, 9.17) is 5.11 Å². The number of carbonyl (C=O) groups is 1. The van der Waals surface area contributed by atoms with Gasteiger partial charge in [0.25, 0.3) is 0 Å². The Hall–Kier alpha value is -1.00. The third-order valence-electron chi connectivity index (χ3n) is 1.46. The Kier molecular flexibility index (Phi) is 4.51. The van der Waals surface area contributed by atoms with E-state index in [9.17, 15) is 4.79 Å². The van der Waals surface area contributed by atoms with Crippen molar-refractivity contribution >= 4 is 18.4 Å². The molecule has 1 heterocycles. The number of hydrogen-bond donors (Lipinski definition) is 2. The first-order valence-electron chi connectivity index (χ1n) is 3.65. The highest BCUT2D eigenvalue weighted by atomic mass is 35.5. The van der Waals surface area contributed by atoms with Crippen molar-refractivity contribution in [3.63, 3.8) is 0 Å². The zero-order chi connectivity index (χ0) is 9.14. The molecular weight excluding hydrogens is 192 g/mol. The fourth-order valence-corrected chi connectivity index (χ4v) is 0.998. The molecule has 0 amide bonds. The van der Waals surface area contributed by atoms with E-state index in [-0.39, 0.29) is 18.1 Å². The molecule has 0 saturated carbocycles. The number of carboxylic acids is 1. The second-order valence-electron chi connectivity index (χ2n) is 2.94. The van der Waals surface area contributed by atoms with Crippen LogP contribution in [0.2, 0.25) is 0 Å². The van der Waals surface area contributed by atoms with Gasteiger partial charge in [0.15, 0.2) is 0 Å². The highest BCUT2D eigenvalue weighted by Crippen LogP contribution is 2.03. The summed E-state index contributed by atoms with van der Waals surface area (Å²) in [6.07, 6.45) is 0. The minimum absolute atomic E-state index is 0. The summed E-state index contributed by atoms with van der Waals surface area (Å²) in [6, 6.07) is 3.35. The predicted molar refractivity (Wildman–Crippen MR) is 52.4 cm³/mol. The van der Waals surface area contributed by atoms with Crippen molar-refractivity contribution in [3.8, 4) is 0 Å². The summed E-state index contributed by atoms with van der Waals surface area (Å²) in [4.78, 5) is 15.2. The molecule has 0 unspecified atom stereocenters. The highest BCUT2D eigenvalue weighted by Gasteiger charge is 2.05. The molecule has 0 saturated heterocycles. The van der Waals surface area contributed by atoms with Crippen LogP contribution in [0.3, 0.4) is 0 Å². The molecule has 1 aromatic rings. The van der Waals surface area contributed by atoms with Gasteiger partial charge in [0.1, 0.15) is 5.69 Å². The number of aromatic nitrogens is 1. The average molecular weight is 205 g/mol. The van der Waals surface area contributed by atoms with E-state index >= 15 is 0 Å². The molecule has 0 aliphatic carbocycles. The summed E-state index contributed by atoms with van der Waals surface area (Å²) in [5.41, 5.74) is 1.16. The van der Waals surface area contributed by atoms with E-state index < -0.39 is 5.97 Å². The van der Waals surface area contributed by atoms with Crippen molar-refractivity contribution in [3.05, 3.63) is 23.5 Å². The summed E-state index contributed by atoms with van der Waals surface area (Å²) in [5.74, 6) is -0.917. The van der Waals surface area contributed by atoms with Gasteiger partial charge in [0, 0.05) is 12.2 Å². The lowest BCUT2D eigenvalue weighted by Gasteiger charge is -2.06. The van der Waals surface area contributed by atoms with Gasteiger partial charge in [-0.2, -0.15) is 0 Å². The number of rotatable bonds is 3. The summed E-state index contributed by atoms with van der Waals surface area (Å²) in [6.45, 7) is 0.729. The van der Waals surface area contributed by atoms with E-state index in [0.29, 0.717) is 0 Å². The second kappa shape index (κ2) is 4.89. The van der Waals surface area contributed by atoms with Crippen LogP contribution in [0.15, 0.2) is 12.1 Å². The smallest absolute Gasteiger partial charge is 0.352 e. The molecule has 1 rings (SSSR count). The Morgan fingerprint density at radius 1 is 1.54 bits per heavy atom. The Bertz CT molecular complexity index is 283. The molecule has 74 valence electrons. The molecule has 0 aliphatic heterocycles. The predicted octanol–water partition coefficient (Wildman–Crippen LogP) is 1.20. The fourth-order valence-electron chi connectivity index (χ4n) is 0.998. The maximum Gasteiger partial charge on any atom is 0.352 e. The van der Waals surface area contributed by atoms with Crippen LogP contribution in [0.5, 0.6) is 0 Å². The molecule has 0 bridgehead atoms. The van der Waals surface area contributed by atoms with Crippen LogP contribution in [-0.2, 0) is 6.54 Å². The standard InChI is InChI=1S/C8H12N2O2.ClH/c1-10(2)5-6-3-4-7(9-6)8(11)12;/h3-4,9H,5H2,1-2H3,(H,11,12);1H. The van der Waals surface area contributed by atoms with Gasteiger partial charge in [-0.1, -0.05) is 0 Å². The molecule has 4 nitrogen and oxygen atoms in total. The second-order valence-corrected chi connectivity index (χ2v) is 2.94.